The van der Waals surface area contributed by atoms with E-state index in [0.29, 0.717) is 0 Å². The molecule has 0 aliphatic rings. The molecule has 0 spiro atoms. The Labute approximate surface area is 103 Å². The van der Waals surface area contributed by atoms with E-state index in [9.17, 15) is 0 Å². The van der Waals surface area contributed by atoms with Crippen LogP contribution in [0.1, 0.15) is 52.8 Å². The molecule has 0 aromatic carbocycles. The lowest BCUT2D eigenvalue weighted by Crippen LogP contribution is -2.14. The summed E-state index contributed by atoms with van der Waals surface area (Å²) in [5.74, 6) is 0. The van der Waals surface area contributed by atoms with Gasteiger partial charge in [0, 0.05) is 22.1 Å². The van der Waals surface area contributed by atoms with E-state index in [4.69, 9.17) is 4.42 Å². The molecule has 0 saturated carbocycles. The average Bonchev–Trinajstić information content (AvgIpc) is 2.57. The molecule has 0 N–H and O–H groups in total. The second kappa shape index (κ2) is 3.59. The van der Waals surface area contributed by atoms with Crippen molar-refractivity contribution in [3.8, 4) is 0 Å². The fourth-order valence-electron chi connectivity index (χ4n) is 1.92. The predicted octanol–water partition coefficient (Wildman–Crippen LogP) is 4.42. The maximum atomic E-state index is 5.58. The SMILES string of the molecule is CC(C)(C)c1cc2c(C(C)(C)C)coc2cn1. The van der Waals surface area contributed by atoms with Crippen LogP contribution in [-0.2, 0) is 10.8 Å². The van der Waals surface area contributed by atoms with E-state index in [1.54, 1.807) is 0 Å². The summed E-state index contributed by atoms with van der Waals surface area (Å²) in [5, 5.41) is 1.19. The van der Waals surface area contributed by atoms with Crippen molar-refractivity contribution in [2.45, 2.75) is 52.4 Å². The minimum absolute atomic E-state index is 0.0701. The second-order valence-electron chi connectivity index (χ2n) is 6.72. The van der Waals surface area contributed by atoms with Gasteiger partial charge in [-0.2, -0.15) is 0 Å². The summed E-state index contributed by atoms with van der Waals surface area (Å²) in [7, 11) is 0. The Bertz CT molecular complexity index is 538. The summed E-state index contributed by atoms with van der Waals surface area (Å²) in [6.07, 6.45) is 3.70. The van der Waals surface area contributed by atoms with Crippen molar-refractivity contribution in [1.29, 1.82) is 0 Å². The van der Waals surface area contributed by atoms with Crippen molar-refractivity contribution in [2.24, 2.45) is 0 Å². The third-order valence-corrected chi connectivity index (χ3v) is 3.04. The van der Waals surface area contributed by atoms with Gasteiger partial charge in [-0.15, -0.1) is 0 Å². The van der Waals surface area contributed by atoms with Gasteiger partial charge in [0.1, 0.15) is 0 Å². The number of furan rings is 1. The lowest BCUT2D eigenvalue weighted by Gasteiger charge is -2.19. The summed E-state index contributed by atoms with van der Waals surface area (Å²) in [5.41, 5.74) is 3.41. The topological polar surface area (TPSA) is 26.0 Å². The number of fused-ring (bicyclic) bond motifs is 1. The maximum Gasteiger partial charge on any atom is 0.152 e. The van der Waals surface area contributed by atoms with E-state index < -0.39 is 0 Å². The number of rotatable bonds is 0. The highest BCUT2D eigenvalue weighted by Gasteiger charge is 2.22. The van der Waals surface area contributed by atoms with Crippen molar-refractivity contribution in [3.05, 3.63) is 29.8 Å². The molecular formula is C15H21NO. The van der Waals surface area contributed by atoms with Crippen LogP contribution in [0.3, 0.4) is 0 Å². The lowest BCUT2D eigenvalue weighted by molar-refractivity contribution is 0.556. The van der Waals surface area contributed by atoms with Crippen molar-refractivity contribution in [1.82, 2.24) is 4.98 Å². The van der Waals surface area contributed by atoms with E-state index in [0.717, 1.165) is 11.3 Å². The molecule has 0 bridgehead atoms. The Balaban J connectivity index is 2.67. The molecule has 0 radical (unpaired) electrons. The molecule has 0 atom stereocenters. The van der Waals surface area contributed by atoms with Crippen LogP contribution in [-0.4, -0.2) is 4.98 Å². The van der Waals surface area contributed by atoms with Gasteiger partial charge in [0.2, 0.25) is 0 Å². The first-order valence-corrected chi connectivity index (χ1v) is 6.08. The minimum Gasteiger partial charge on any atom is -0.462 e. The summed E-state index contributed by atoms with van der Waals surface area (Å²) in [6, 6.07) is 2.17. The van der Waals surface area contributed by atoms with E-state index in [1.165, 1.54) is 10.9 Å². The standard InChI is InChI=1S/C15H21NO/c1-14(2,3)11-9-17-12-8-16-13(7-10(11)12)15(4,5)6/h7-9H,1-6H3. The first-order valence-electron chi connectivity index (χ1n) is 6.08. The lowest BCUT2D eigenvalue weighted by atomic mass is 9.85. The zero-order valence-corrected chi connectivity index (χ0v) is 11.6. The predicted molar refractivity (Wildman–Crippen MR) is 71.4 cm³/mol. The molecule has 2 heterocycles. The highest BCUT2D eigenvalue weighted by Crippen LogP contribution is 2.33. The van der Waals surface area contributed by atoms with Crippen molar-refractivity contribution >= 4 is 11.0 Å². The molecule has 2 aromatic rings. The fourth-order valence-corrected chi connectivity index (χ4v) is 1.92. The Morgan fingerprint density at radius 1 is 1.00 bits per heavy atom. The van der Waals surface area contributed by atoms with Crippen LogP contribution in [0.15, 0.2) is 22.9 Å². The van der Waals surface area contributed by atoms with Crippen LogP contribution < -0.4 is 0 Å². The van der Waals surface area contributed by atoms with Crippen LogP contribution in [0.5, 0.6) is 0 Å². The molecule has 0 amide bonds. The summed E-state index contributed by atoms with van der Waals surface area (Å²) >= 11 is 0. The Morgan fingerprint density at radius 2 is 1.65 bits per heavy atom. The van der Waals surface area contributed by atoms with Crippen molar-refractivity contribution in [3.63, 3.8) is 0 Å². The molecule has 92 valence electrons. The highest BCUT2D eigenvalue weighted by atomic mass is 16.3. The molecule has 0 aliphatic heterocycles. The van der Waals surface area contributed by atoms with E-state index in [2.05, 4.69) is 52.6 Å². The van der Waals surface area contributed by atoms with Crippen molar-refractivity contribution < 1.29 is 4.42 Å². The molecule has 2 heteroatoms. The molecule has 2 nitrogen and oxygen atoms in total. The van der Waals surface area contributed by atoms with E-state index in [1.807, 2.05) is 12.5 Å². The Morgan fingerprint density at radius 3 is 2.18 bits per heavy atom. The maximum absolute atomic E-state index is 5.58. The fraction of sp³-hybridized carbons (Fsp3) is 0.533. The largest absolute Gasteiger partial charge is 0.462 e. The van der Waals surface area contributed by atoms with Crippen LogP contribution in [0.4, 0.5) is 0 Å². The molecular weight excluding hydrogens is 210 g/mol. The first kappa shape index (κ1) is 12.2. The van der Waals surface area contributed by atoms with Crippen LogP contribution >= 0.6 is 0 Å². The van der Waals surface area contributed by atoms with Gasteiger partial charge < -0.3 is 4.42 Å². The normalized spacial score (nSPS) is 13.3. The Kier molecular flexibility index (Phi) is 2.57. The Hall–Kier alpha value is -1.31. The monoisotopic (exact) mass is 231 g/mol. The highest BCUT2D eigenvalue weighted by molar-refractivity contribution is 5.81. The number of hydrogen-bond donors (Lipinski definition) is 0. The molecule has 0 aliphatic carbocycles. The molecule has 2 aromatic heterocycles. The molecule has 2 rings (SSSR count). The number of hydrogen-bond acceptors (Lipinski definition) is 2. The second-order valence-corrected chi connectivity index (χ2v) is 6.72. The molecule has 0 fully saturated rings. The van der Waals surface area contributed by atoms with Crippen molar-refractivity contribution in [2.75, 3.05) is 0 Å². The third-order valence-electron chi connectivity index (χ3n) is 3.04. The molecule has 17 heavy (non-hydrogen) atoms. The number of nitrogens with zero attached hydrogens (tertiary/aromatic N) is 1. The van der Waals surface area contributed by atoms with Gasteiger partial charge in [0.15, 0.2) is 5.58 Å². The zero-order valence-electron chi connectivity index (χ0n) is 11.6. The number of pyridine rings is 1. The van der Waals surface area contributed by atoms with Gasteiger partial charge in [-0.25, -0.2) is 0 Å². The van der Waals surface area contributed by atoms with Crippen LogP contribution in [0, 0.1) is 0 Å². The molecule has 0 saturated heterocycles. The minimum atomic E-state index is 0.0701. The van der Waals surface area contributed by atoms with E-state index >= 15 is 0 Å². The first-order chi connectivity index (χ1) is 7.69. The quantitative estimate of drug-likeness (QED) is 0.670. The summed E-state index contributed by atoms with van der Waals surface area (Å²) < 4.78 is 5.58. The van der Waals surface area contributed by atoms with E-state index in [-0.39, 0.29) is 10.8 Å². The number of aromatic nitrogens is 1. The van der Waals surface area contributed by atoms with Crippen LogP contribution in [0.25, 0.3) is 11.0 Å². The van der Waals surface area contributed by atoms with Gasteiger partial charge >= 0.3 is 0 Å². The summed E-state index contributed by atoms with van der Waals surface area (Å²) in [4.78, 5) is 4.48. The van der Waals surface area contributed by atoms with Gasteiger partial charge in [0.05, 0.1) is 12.5 Å². The average molecular weight is 231 g/mol. The van der Waals surface area contributed by atoms with Crippen LogP contribution in [0.2, 0.25) is 0 Å². The van der Waals surface area contributed by atoms with Gasteiger partial charge in [-0.1, -0.05) is 41.5 Å². The van der Waals surface area contributed by atoms with Gasteiger partial charge in [-0.05, 0) is 11.5 Å². The molecule has 0 unspecified atom stereocenters. The zero-order chi connectivity index (χ0) is 12.8. The van der Waals surface area contributed by atoms with Gasteiger partial charge in [0.25, 0.3) is 0 Å². The smallest absolute Gasteiger partial charge is 0.152 e. The third kappa shape index (κ3) is 2.21. The van der Waals surface area contributed by atoms with Gasteiger partial charge in [-0.3, -0.25) is 4.98 Å². The summed E-state index contributed by atoms with van der Waals surface area (Å²) in [6.45, 7) is 13.1.